The predicted octanol–water partition coefficient (Wildman–Crippen LogP) is 2.95. The van der Waals surface area contributed by atoms with Gasteiger partial charge in [-0.15, -0.1) is 24.0 Å². The Morgan fingerprint density at radius 2 is 1.96 bits per heavy atom. The summed E-state index contributed by atoms with van der Waals surface area (Å²) < 4.78 is 18.2. The van der Waals surface area contributed by atoms with Crippen LogP contribution in [0.5, 0.6) is 0 Å². The van der Waals surface area contributed by atoms with Crippen molar-refractivity contribution < 1.29 is 9.13 Å². The number of halogens is 2. The summed E-state index contributed by atoms with van der Waals surface area (Å²) >= 11 is 0. The fourth-order valence-corrected chi connectivity index (χ4v) is 2.82. The molecule has 0 unspecified atom stereocenters. The Morgan fingerprint density at radius 3 is 2.54 bits per heavy atom. The zero-order valence-electron chi connectivity index (χ0n) is 16.1. The van der Waals surface area contributed by atoms with E-state index in [1.807, 2.05) is 19.2 Å². The zero-order valence-corrected chi connectivity index (χ0v) is 18.4. The molecule has 7 heteroatoms. The second-order valence-corrected chi connectivity index (χ2v) is 6.48. The van der Waals surface area contributed by atoms with E-state index in [2.05, 4.69) is 22.0 Å². The van der Waals surface area contributed by atoms with Crippen molar-refractivity contribution in [2.45, 2.75) is 32.4 Å². The first kappa shape index (κ1) is 23.1. The third kappa shape index (κ3) is 8.18. The minimum absolute atomic E-state index is 0. The molecule has 0 atom stereocenters. The van der Waals surface area contributed by atoms with E-state index in [4.69, 9.17) is 9.73 Å². The van der Waals surface area contributed by atoms with Crippen LogP contribution < -0.4 is 5.32 Å². The topological polar surface area (TPSA) is 40.1 Å². The summed E-state index contributed by atoms with van der Waals surface area (Å²) in [5.74, 6) is 0.678. The van der Waals surface area contributed by atoms with Crippen LogP contribution in [0.4, 0.5) is 4.39 Å². The highest BCUT2D eigenvalue weighted by Crippen LogP contribution is 2.26. The Morgan fingerprint density at radius 1 is 1.27 bits per heavy atom. The maximum Gasteiger partial charge on any atom is 0.194 e. The zero-order chi connectivity index (χ0) is 18.1. The van der Waals surface area contributed by atoms with Crippen molar-refractivity contribution in [2.75, 3.05) is 46.9 Å². The molecule has 1 N–H and O–H groups in total. The van der Waals surface area contributed by atoms with Gasteiger partial charge in [0, 0.05) is 46.4 Å². The van der Waals surface area contributed by atoms with Crippen molar-refractivity contribution in [3.63, 3.8) is 0 Å². The standard InChI is InChI=1S/C19H31FN4O.HI/c1-4-21-19(23(2)15-16-5-7-17(20)8-6-16)22-11-12-24(13-14-25-3)18-9-10-18;/h5-8,18H,4,9-15H2,1-3H3,(H,21,22);1H. The Labute approximate surface area is 174 Å². The van der Waals surface area contributed by atoms with Crippen LogP contribution >= 0.6 is 24.0 Å². The molecular weight excluding hydrogens is 446 g/mol. The molecule has 0 amide bonds. The van der Waals surface area contributed by atoms with Crippen LogP contribution in [0, 0.1) is 5.82 Å². The number of benzene rings is 1. The molecule has 1 aromatic carbocycles. The quantitative estimate of drug-likeness (QED) is 0.319. The maximum absolute atomic E-state index is 13.0. The van der Waals surface area contributed by atoms with Crippen LogP contribution in [0.1, 0.15) is 25.3 Å². The lowest BCUT2D eigenvalue weighted by molar-refractivity contribution is 0.145. The van der Waals surface area contributed by atoms with Crippen LogP contribution in [0.2, 0.25) is 0 Å². The third-order valence-corrected chi connectivity index (χ3v) is 4.32. The minimum Gasteiger partial charge on any atom is -0.383 e. The van der Waals surface area contributed by atoms with Crippen molar-refractivity contribution in [1.82, 2.24) is 15.1 Å². The molecule has 26 heavy (non-hydrogen) atoms. The first-order valence-electron chi connectivity index (χ1n) is 9.11. The molecule has 0 heterocycles. The number of rotatable bonds is 10. The van der Waals surface area contributed by atoms with Gasteiger partial charge in [-0.25, -0.2) is 4.39 Å². The molecule has 0 spiro atoms. The van der Waals surface area contributed by atoms with Crippen molar-refractivity contribution in [1.29, 1.82) is 0 Å². The predicted molar refractivity (Wildman–Crippen MR) is 116 cm³/mol. The van der Waals surface area contributed by atoms with E-state index in [0.717, 1.165) is 44.3 Å². The molecular formula is C19H32FIN4O. The fraction of sp³-hybridized carbons (Fsp3) is 0.632. The van der Waals surface area contributed by atoms with Crippen LogP contribution in [0.15, 0.2) is 29.3 Å². The molecule has 1 aliphatic rings. The molecule has 1 aliphatic carbocycles. The minimum atomic E-state index is -0.205. The Bertz CT molecular complexity index is 537. The van der Waals surface area contributed by atoms with Crippen LogP contribution in [0.3, 0.4) is 0 Å². The lowest BCUT2D eigenvalue weighted by Crippen LogP contribution is -2.39. The second kappa shape index (κ2) is 12.5. The third-order valence-electron chi connectivity index (χ3n) is 4.32. The van der Waals surface area contributed by atoms with Gasteiger partial charge in [0.2, 0.25) is 0 Å². The molecule has 2 rings (SSSR count). The highest BCUT2D eigenvalue weighted by Gasteiger charge is 2.28. The van der Waals surface area contributed by atoms with Gasteiger partial charge in [0.1, 0.15) is 5.82 Å². The lowest BCUT2D eigenvalue weighted by Gasteiger charge is -2.24. The number of guanidine groups is 1. The van der Waals surface area contributed by atoms with E-state index in [-0.39, 0.29) is 29.8 Å². The smallest absolute Gasteiger partial charge is 0.194 e. The molecule has 148 valence electrons. The van der Waals surface area contributed by atoms with E-state index in [1.165, 1.54) is 25.0 Å². The summed E-state index contributed by atoms with van der Waals surface area (Å²) in [5, 5.41) is 3.33. The average Bonchev–Trinajstić information content (AvgIpc) is 3.44. The summed E-state index contributed by atoms with van der Waals surface area (Å²) in [6.07, 6.45) is 2.58. The molecule has 0 saturated heterocycles. The lowest BCUT2D eigenvalue weighted by atomic mass is 10.2. The van der Waals surface area contributed by atoms with Gasteiger partial charge < -0.3 is 15.0 Å². The van der Waals surface area contributed by atoms with Gasteiger partial charge in [0.15, 0.2) is 5.96 Å². The second-order valence-electron chi connectivity index (χ2n) is 6.48. The van der Waals surface area contributed by atoms with Crippen LogP contribution in [-0.4, -0.2) is 68.7 Å². The van der Waals surface area contributed by atoms with Crippen molar-refractivity contribution in [3.05, 3.63) is 35.6 Å². The van der Waals surface area contributed by atoms with Crippen LogP contribution in [-0.2, 0) is 11.3 Å². The number of nitrogens with one attached hydrogen (secondary N) is 1. The summed E-state index contributed by atoms with van der Waals surface area (Å²) in [6.45, 7) is 7.04. The fourth-order valence-electron chi connectivity index (χ4n) is 2.82. The first-order chi connectivity index (χ1) is 12.1. The number of aliphatic imine (C=N–C) groups is 1. The molecule has 1 aromatic rings. The molecule has 0 aromatic heterocycles. The van der Waals surface area contributed by atoms with E-state index in [1.54, 1.807) is 7.11 Å². The molecule has 1 fully saturated rings. The first-order valence-corrected chi connectivity index (χ1v) is 9.11. The largest absolute Gasteiger partial charge is 0.383 e. The monoisotopic (exact) mass is 478 g/mol. The van der Waals surface area contributed by atoms with Gasteiger partial charge in [0.05, 0.1) is 13.2 Å². The van der Waals surface area contributed by atoms with E-state index in [9.17, 15) is 4.39 Å². The molecule has 0 radical (unpaired) electrons. The Kier molecular flexibility index (Phi) is 11.1. The number of hydrogen-bond donors (Lipinski definition) is 1. The van der Waals surface area contributed by atoms with Gasteiger partial charge in [-0.2, -0.15) is 0 Å². The summed E-state index contributed by atoms with van der Waals surface area (Å²) in [5.41, 5.74) is 1.06. The van der Waals surface area contributed by atoms with Crippen molar-refractivity contribution >= 4 is 29.9 Å². The van der Waals surface area contributed by atoms with Crippen LogP contribution in [0.25, 0.3) is 0 Å². The van der Waals surface area contributed by atoms with Gasteiger partial charge in [-0.1, -0.05) is 12.1 Å². The highest BCUT2D eigenvalue weighted by molar-refractivity contribution is 14.0. The number of methoxy groups -OCH3 is 1. The number of nitrogens with zero attached hydrogens (tertiary/aromatic N) is 3. The van der Waals surface area contributed by atoms with Gasteiger partial charge in [0.25, 0.3) is 0 Å². The van der Waals surface area contributed by atoms with Gasteiger partial charge in [-0.05, 0) is 37.5 Å². The van der Waals surface area contributed by atoms with Crippen molar-refractivity contribution in [2.24, 2.45) is 4.99 Å². The van der Waals surface area contributed by atoms with Gasteiger partial charge >= 0.3 is 0 Å². The molecule has 0 aliphatic heterocycles. The summed E-state index contributed by atoms with van der Waals surface area (Å²) in [7, 11) is 3.76. The van der Waals surface area contributed by atoms with E-state index >= 15 is 0 Å². The molecule has 5 nitrogen and oxygen atoms in total. The van der Waals surface area contributed by atoms with E-state index in [0.29, 0.717) is 12.6 Å². The Hall–Kier alpha value is -0.930. The Balaban J connectivity index is 0.00000338. The number of ether oxygens (including phenoxy) is 1. The molecule has 1 saturated carbocycles. The average molecular weight is 478 g/mol. The SMILES string of the molecule is CCNC(=NCCN(CCOC)C1CC1)N(C)Cc1ccc(F)cc1.I. The van der Waals surface area contributed by atoms with Gasteiger partial charge in [-0.3, -0.25) is 9.89 Å². The normalized spacial score (nSPS) is 14.3. The summed E-state index contributed by atoms with van der Waals surface area (Å²) in [4.78, 5) is 9.31. The van der Waals surface area contributed by atoms with E-state index < -0.39 is 0 Å². The van der Waals surface area contributed by atoms with Crippen molar-refractivity contribution in [3.8, 4) is 0 Å². The highest BCUT2D eigenvalue weighted by atomic mass is 127. The molecule has 0 bridgehead atoms. The number of hydrogen-bond acceptors (Lipinski definition) is 3. The maximum atomic E-state index is 13.0. The summed E-state index contributed by atoms with van der Waals surface area (Å²) in [6, 6.07) is 7.33.